The Labute approximate surface area is 147 Å². The zero-order valence-electron chi connectivity index (χ0n) is 13.9. The van der Waals surface area contributed by atoms with Crippen LogP contribution in [0.25, 0.3) is 11.4 Å². The van der Waals surface area contributed by atoms with Crippen molar-refractivity contribution in [1.29, 1.82) is 0 Å². The molecule has 0 saturated carbocycles. The quantitative estimate of drug-likeness (QED) is 0.614. The van der Waals surface area contributed by atoms with E-state index in [1.165, 1.54) is 6.33 Å². The largest absolute Gasteiger partial charge is 0.493 e. The van der Waals surface area contributed by atoms with Crippen LogP contribution >= 0.6 is 0 Å². The van der Waals surface area contributed by atoms with E-state index < -0.39 is 0 Å². The Bertz CT molecular complexity index is 795. The molecule has 2 aromatic carbocycles. The molecule has 25 heavy (non-hydrogen) atoms. The number of ether oxygens (including phenoxy) is 1. The molecule has 0 saturated heterocycles. The highest BCUT2D eigenvalue weighted by atomic mass is 16.5. The second-order valence-electron chi connectivity index (χ2n) is 5.46. The summed E-state index contributed by atoms with van der Waals surface area (Å²) < 4.78 is 5.88. The van der Waals surface area contributed by atoms with E-state index in [9.17, 15) is 0 Å². The van der Waals surface area contributed by atoms with Gasteiger partial charge in [-0.2, -0.15) is 4.98 Å². The van der Waals surface area contributed by atoms with Crippen molar-refractivity contribution in [3.8, 4) is 17.1 Å². The summed E-state index contributed by atoms with van der Waals surface area (Å²) in [6, 6.07) is 17.5. The fourth-order valence-corrected chi connectivity index (χ4v) is 2.34. The summed E-state index contributed by atoms with van der Waals surface area (Å²) in [5, 5.41) is 3.18. The summed E-state index contributed by atoms with van der Waals surface area (Å²) in [6.45, 7) is 1.29. The van der Waals surface area contributed by atoms with E-state index in [1.54, 1.807) is 0 Å². The van der Waals surface area contributed by atoms with Crippen LogP contribution in [0.4, 0.5) is 11.6 Å². The van der Waals surface area contributed by atoms with Gasteiger partial charge in [0.2, 0.25) is 5.95 Å². The van der Waals surface area contributed by atoms with Gasteiger partial charge >= 0.3 is 0 Å². The number of benzene rings is 2. The van der Waals surface area contributed by atoms with Crippen molar-refractivity contribution in [2.75, 3.05) is 18.5 Å². The molecular formula is C19H21N5O. The molecule has 128 valence electrons. The van der Waals surface area contributed by atoms with E-state index in [1.807, 2.05) is 54.6 Å². The number of hydrogen-bond acceptors (Lipinski definition) is 6. The average Bonchev–Trinajstić information content (AvgIpc) is 2.67. The van der Waals surface area contributed by atoms with Crippen LogP contribution in [0.3, 0.4) is 0 Å². The smallest absolute Gasteiger partial charge is 0.230 e. The molecule has 0 aliphatic carbocycles. The van der Waals surface area contributed by atoms with Crippen LogP contribution in [0.1, 0.15) is 12.8 Å². The first-order chi connectivity index (χ1) is 12.4. The molecule has 0 bridgehead atoms. The van der Waals surface area contributed by atoms with Gasteiger partial charge in [0, 0.05) is 5.69 Å². The number of nitrogens with zero attached hydrogens (tertiary/aromatic N) is 3. The third kappa shape index (κ3) is 4.74. The summed E-state index contributed by atoms with van der Waals surface area (Å²) in [5.41, 5.74) is 7.28. The first-order valence-electron chi connectivity index (χ1n) is 8.30. The lowest BCUT2D eigenvalue weighted by atomic mass is 10.2. The van der Waals surface area contributed by atoms with E-state index in [2.05, 4.69) is 20.3 Å². The lowest BCUT2D eigenvalue weighted by Crippen LogP contribution is -2.05. The highest BCUT2D eigenvalue weighted by molar-refractivity contribution is 5.65. The highest BCUT2D eigenvalue weighted by Crippen LogP contribution is 2.27. The fourth-order valence-electron chi connectivity index (χ4n) is 2.34. The Morgan fingerprint density at radius 3 is 2.56 bits per heavy atom. The molecule has 0 aliphatic heterocycles. The predicted molar refractivity (Wildman–Crippen MR) is 98.8 cm³/mol. The number of anilines is 2. The van der Waals surface area contributed by atoms with E-state index in [-0.39, 0.29) is 0 Å². The summed E-state index contributed by atoms with van der Waals surface area (Å²) in [6.07, 6.45) is 3.36. The Balaban J connectivity index is 1.78. The molecule has 0 unspecified atom stereocenters. The van der Waals surface area contributed by atoms with Crippen molar-refractivity contribution >= 4 is 11.6 Å². The van der Waals surface area contributed by atoms with E-state index in [0.29, 0.717) is 24.9 Å². The van der Waals surface area contributed by atoms with E-state index in [4.69, 9.17) is 10.5 Å². The van der Waals surface area contributed by atoms with Gasteiger partial charge in [-0.3, -0.25) is 0 Å². The molecule has 0 fully saturated rings. The van der Waals surface area contributed by atoms with Gasteiger partial charge in [0.05, 0.1) is 12.2 Å². The third-order valence-electron chi connectivity index (χ3n) is 3.59. The third-order valence-corrected chi connectivity index (χ3v) is 3.59. The van der Waals surface area contributed by atoms with Crippen LogP contribution in [0.5, 0.6) is 5.75 Å². The van der Waals surface area contributed by atoms with Gasteiger partial charge in [-0.15, -0.1) is 0 Å². The number of aromatic nitrogens is 3. The molecule has 1 aromatic heterocycles. The normalized spacial score (nSPS) is 10.4. The number of hydrogen-bond donors (Lipinski definition) is 2. The topological polar surface area (TPSA) is 86.0 Å². The van der Waals surface area contributed by atoms with Crippen LogP contribution in [0.2, 0.25) is 0 Å². The van der Waals surface area contributed by atoms with Crippen molar-refractivity contribution < 1.29 is 4.74 Å². The zero-order valence-corrected chi connectivity index (χ0v) is 13.9. The molecule has 0 amide bonds. The summed E-state index contributed by atoms with van der Waals surface area (Å²) in [4.78, 5) is 13.0. The molecule has 1 heterocycles. The second-order valence-corrected chi connectivity index (χ2v) is 5.46. The number of unbranched alkanes of at least 4 members (excludes halogenated alkanes) is 1. The van der Waals surface area contributed by atoms with Gasteiger partial charge in [-0.25, -0.2) is 9.97 Å². The molecule has 6 heteroatoms. The van der Waals surface area contributed by atoms with Crippen molar-refractivity contribution in [1.82, 2.24) is 15.0 Å². The monoisotopic (exact) mass is 335 g/mol. The molecule has 3 N–H and O–H groups in total. The van der Waals surface area contributed by atoms with Crippen LogP contribution in [0.15, 0.2) is 60.9 Å². The van der Waals surface area contributed by atoms with Crippen molar-refractivity contribution in [3.63, 3.8) is 0 Å². The summed E-state index contributed by atoms with van der Waals surface area (Å²) in [5.74, 6) is 1.83. The average molecular weight is 335 g/mol. The molecule has 3 aromatic rings. The molecule has 0 radical (unpaired) electrons. The molecule has 3 rings (SSSR count). The maximum atomic E-state index is 5.88. The van der Waals surface area contributed by atoms with E-state index in [0.717, 1.165) is 29.8 Å². The van der Waals surface area contributed by atoms with E-state index >= 15 is 0 Å². The van der Waals surface area contributed by atoms with Crippen molar-refractivity contribution in [2.24, 2.45) is 5.73 Å². The van der Waals surface area contributed by atoms with Gasteiger partial charge in [0.15, 0.2) is 5.82 Å². The first kappa shape index (κ1) is 16.9. The second kappa shape index (κ2) is 8.75. The van der Waals surface area contributed by atoms with Crippen molar-refractivity contribution in [3.05, 3.63) is 60.9 Å². The van der Waals surface area contributed by atoms with Crippen LogP contribution < -0.4 is 15.8 Å². The van der Waals surface area contributed by atoms with Gasteiger partial charge in [-0.1, -0.05) is 30.3 Å². The minimum atomic E-state index is 0.495. The van der Waals surface area contributed by atoms with Crippen LogP contribution in [0, 0.1) is 0 Å². The maximum absolute atomic E-state index is 5.88. The minimum Gasteiger partial charge on any atom is -0.493 e. The number of nitrogens with one attached hydrogen (secondary N) is 1. The van der Waals surface area contributed by atoms with Gasteiger partial charge in [-0.05, 0) is 43.7 Å². The lowest BCUT2D eigenvalue weighted by Gasteiger charge is -2.11. The number of para-hydroxylation sites is 2. The van der Waals surface area contributed by atoms with Crippen molar-refractivity contribution in [2.45, 2.75) is 12.8 Å². The van der Waals surface area contributed by atoms with Gasteiger partial charge in [0.25, 0.3) is 0 Å². The van der Waals surface area contributed by atoms with Gasteiger partial charge in [0.1, 0.15) is 12.1 Å². The minimum absolute atomic E-state index is 0.495. The SMILES string of the molecule is NCCCCOc1ccccc1-c1ncnc(Nc2ccccc2)n1. The Morgan fingerprint density at radius 1 is 0.920 bits per heavy atom. The molecule has 6 nitrogen and oxygen atoms in total. The Hall–Kier alpha value is -2.99. The fraction of sp³-hybridized carbons (Fsp3) is 0.211. The standard InChI is InChI=1S/C19H21N5O/c20-12-6-7-13-25-17-11-5-4-10-16(17)18-21-14-22-19(24-18)23-15-8-2-1-3-9-15/h1-5,8-11,14H,6-7,12-13,20H2,(H,21,22,23,24). The predicted octanol–water partition coefficient (Wildman–Crippen LogP) is 3.40. The molecule has 0 spiro atoms. The lowest BCUT2D eigenvalue weighted by molar-refractivity contribution is 0.309. The Kier molecular flexibility index (Phi) is 5.90. The first-order valence-corrected chi connectivity index (χ1v) is 8.30. The molecule has 0 aliphatic rings. The summed E-state index contributed by atoms with van der Waals surface area (Å²) >= 11 is 0. The maximum Gasteiger partial charge on any atom is 0.230 e. The molecular weight excluding hydrogens is 314 g/mol. The highest BCUT2D eigenvalue weighted by Gasteiger charge is 2.10. The van der Waals surface area contributed by atoms with Gasteiger partial charge < -0.3 is 15.8 Å². The number of rotatable bonds is 8. The zero-order chi connectivity index (χ0) is 17.3. The number of nitrogens with two attached hydrogens (primary N) is 1. The molecule has 0 atom stereocenters. The van der Waals surface area contributed by atoms with Crippen LogP contribution in [-0.4, -0.2) is 28.1 Å². The van der Waals surface area contributed by atoms with Crippen LogP contribution in [-0.2, 0) is 0 Å². The summed E-state index contributed by atoms with van der Waals surface area (Å²) in [7, 11) is 0. The Morgan fingerprint density at radius 2 is 1.72 bits per heavy atom.